The molecule has 1 aliphatic heterocycles. The van der Waals surface area contributed by atoms with Crippen molar-refractivity contribution >= 4 is 0 Å². The van der Waals surface area contributed by atoms with Crippen molar-refractivity contribution in [2.45, 2.75) is 70.8 Å². The van der Waals surface area contributed by atoms with Gasteiger partial charge in [-0.3, -0.25) is 4.90 Å². The SMILES string of the molecule is CC(C)C1CCC(CN2C[C@H](O)[C@@H](O)[C@H](O)[C@H]2C)CC1. The first-order valence-corrected chi connectivity index (χ1v) is 8.18. The second-order valence-corrected chi connectivity index (χ2v) is 7.27. The monoisotopic (exact) mass is 285 g/mol. The minimum absolute atomic E-state index is 0.0729. The van der Waals surface area contributed by atoms with Gasteiger partial charge in [0.1, 0.15) is 6.10 Å². The summed E-state index contributed by atoms with van der Waals surface area (Å²) < 4.78 is 0. The lowest BCUT2D eigenvalue weighted by Gasteiger charge is -2.44. The van der Waals surface area contributed by atoms with Gasteiger partial charge in [-0.1, -0.05) is 13.8 Å². The molecule has 0 aromatic rings. The molecule has 1 saturated carbocycles. The number of likely N-dealkylation sites (tertiary alicyclic amines) is 1. The third-order valence-corrected chi connectivity index (χ3v) is 5.56. The van der Waals surface area contributed by atoms with Crippen molar-refractivity contribution in [3.63, 3.8) is 0 Å². The second kappa shape index (κ2) is 6.73. The number of aliphatic hydroxyl groups is 3. The number of piperidine rings is 1. The van der Waals surface area contributed by atoms with Gasteiger partial charge in [0.05, 0.1) is 12.2 Å². The third kappa shape index (κ3) is 3.53. The summed E-state index contributed by atoms with van der Waals surface area (Å²) in [5.41, 5.74) is 0. The molecule has 1 saturated heterocycles. The predicted octanol–water partition coefficient (Wildman–Crippen LogP) is 1.24. The van der Waals surface area contributed by atoms with E-state index in [1.807, 2.05) is 6.92 Å². The van der Waals surface area contributed by atoms with Gasteiger partial charge in [-0.05, 0) is 50.4 Å². The first-order chi connectivity index (χ1) is 9.40. The first kappa shape index (κ1) is 16.2. The molecule has 0 bridgehead atoms. The van der Waals surface area contributed by atoms with Crippen LogP contribution in [0.3, 0.4) is 0 Å². The van der Waals surface area contributed by atoms with Crippen LogP contribution in [0.4, 0.5) is 0 Å². The number of nitrogens with zero attached hydrogens (tertiary/aromatic N) is 1. The van der Waals surface area contributed by atoms with E-state index in [0.29, 0.717) is 12.5 Å². The van der Waals surface area contributed by atoms with Gasteiger partial charge in [0, 0.05) is 19.1 Å². The van der Waals surface area contributed by atoms with Gasteiger partial charge in [-0.2, -0.15) is 0 Å². The molecule has 2 aliphatic rings. The Labute approximate surface area is 122 Å². The number of hydrogen-bond acceptors (Lipinski definition) is 4. The van der Waals surface area contributed by atoms with Gasteiger partial charge in [-0.25, -0.2) is 0 Å². The van der Waals surface area contributed by atoms with Crippen LogP contribution in [0.25, 0.3) is 0 Å². The maximum Gasteiger partial charge on any atom is 0.108 e. The summed E-state index contributed by atoms with van der Waals surface area (Å²) in [5, 5.41) is 29.5. The molecule has 0 aromatic heterocycles. The average Bonchev–Trinajstić information content (AvgIpc) is 2.43. The fraction of sp³-hybridized carbons (Fsp3) is 1.00. The molecular formula is C16H31NO3. The molecule has 0 spiro atoms. The fourth-order valence-electron chi connectivity index (χ4n) is 3.85. The largest absolute Gasteiger partial charge is 0.389 e. The Hall–Kier alpha value is -0.160. The van der Waals surface area contributed by atoms with Gasteiger partial charge >= 0.3 is 0 Å². The fourth-order valence-corrected chi connectivity index (χ4v) is 3.85. The molecule has 0 amide bonds. The minimum Gasteiger partial charge on any atom is -0.389 e. The molecule has 4 nitrogen and oxygen atoms in total. The molecule has 0 unspecified atom stereocenters. The minimum atomic E-state index is -1.00. The molecule has 118 valence electrons. The molecule has 2 rings (SSSR count). The molecule has 2 fully saturated rings. The van der Waals surface area contributed by atoms with Crippen molar-refractivity contribution in [3.8, 4) is 0 Å². The van der Waals surface area contributed by atoms with Crippen molar-refractivity contribution in [1.29, 1.82) is 0 Å². The van der Waals surface area contributed by atoms with Gasteiger partial charge in [0.15, 0.2) is 0 Å². The standard InChI is InChI=1S/C16H31NO3/c1-10(2)13-6-4-12(5-7-13)8-17-9-14(18)16(20)15(19)11(17)3/h10-16,18-20H,4-9H2,1-3H3/t11-,12?,13?,14+,15-,16-/m1/s1. The number of rotatable bonds is 3. The summed E-state index contributed by atoms with van der Waals surface area (Å²) >= 11 is 0. The van der Waals surface area contributed by atoms with Crippen LogP contribution < -0.4 is 0 Å². The average molecular weight is 285 g/mol. The van der Waals surface area contributed by atoms with Crippen LogP contribution in [-0.2, 0) is 0 Å². The smallest absolute Gasteiger partial charge is 0.108 e. The van der Waals surface area contributed by atoms with E-state index in [4.69, 9.17) is 0 Å². The molecule has 20 heavy (non-hydrogen) atoms. The Balaban J connectivity index is 1.85. The normalized spacial score (nSPS) is 44.0. The van der Waals surface area contributed by atoms with Crippen LogP contribution >= 0.6 is 0 Å². The lowest BCUT2D eigenvalue weighted by Crippen LogP contribution is -2.60. The van der Waals surface area contributed by atoms with Crippen molar-refractivity contribution in [1.82, 2.24) is 4.90 Å². The molecule has 0 radical (unpaired) electrons. The van der Waals surface area contributed by atoms with Crippen LogP contribution in [-0.4, -0.2) is 57.7 Å². The van der Waals surface area contributed by atoms with Crippen molar-refractivity contribution in [3.05, 3.63) is 0 Å². The Morgan fingerprint density at radius 1 is 1.00 bits per heavy atom. The van der Waals surface area contributed by atoms with E-state index in [1.165, 1.54) is 25.7 Å². The Morgan fingerprint density at radius 3 is 2.15 bits per heavy atom. The van der Waals surface area contributed by atoms with E-state index >= 15 is 0 Å². The topological polar surface area (TPSA) is 63.9 Å². The highest BCUT2D eigenvalue weighted by Gasteiger charge is 2.39. The van der Waals surface area contributed by atoms with Crippen LogP contribution in [0.15, 0.2) is 0 Å². The summed E-state index contributed by atoms with van der Waals surface area (Å²) in [6, 6.07) is -0.0729. The zero-order valence-electron chi connectivity index (χ0n) is 13.1. The Kier molecular flexibility index (Phi) is 5.46. The molecule has 4 heteroatoms. The molecular weight excluding hydrogens is 254 g/mol. The highest BCUT2D eigenvalue weighted by Crippen LogP contribution is 2.34. The number of β-amino-alcohol motifs (C(OH)–C–C–N with tert-alkyl or cyclic N) is 1. The predicted molar refractivity (Wildman–Crippen MR) is 79.3 cm³/mol. The van der Waals surface area contributed by atoms with Gasteiger partial charge in [0.25, 0.3) is 0 Å². The van der Waals surface area contributed by atoms with E-state index in [1.54, 1.807) is 0 Å². The van der Waals surface area contributed by atoms with E-state index in [0.717, 1.165) is 18.4 Å². The maximum atomic E-state index is 9.98. The van der Waals surface area contributed by atoms with E-state index in [9.17, 15) is 15.3 Å². The molecule has 4 atom stereocenters. The van der Waals surface area contributed by atoms with E-state index in [-0.39, 0.29) is 6.04 Å². The van der Waals surface area contributed by atoms with E-state index in [2.05, 4.69) is 18.7 Å². The quantitative estimate of drug-likeness (QED) is 0.730. The van der Waals surface area contributed by atoms with E-state index < -0.39 is 18.3 Å². The second-order valence-electron chi connectivity index (χ2n) is 7.27. The summed E-state index contributed by atoms with van der Waals surface area (Å²) in [4.78, 5) is 2.16. The number of aliphatic hydroxyl groups excluding tert-OH is 3. The van der Waals surface area contributed by atoms with Crippen LogP contribution in [0, 0.1) is 17.8 Å². The Bertz CT molecular complexity index is 302. The van der Waals surface area contributed by atoms with Crippen LogP contribution in [0.2, 0.25) is 0 Å². The zero-order valence-corrected chi connectivity index (χ0v) is 13.1. The molecule has 0 aromatic carbocycles. The van der Waals surface area contributed by atoms with Crippen LogP contribution in [0.1, 0.15) is 46.5 Å². The van der Waals surface area contributed by atoms with Crippen LogP contribution in [0.5, 0.6) is 0 Å². The highest BCUT2D eigenvalue weighted by molar-refractivity contribution is 4.93. The van der Waals surface area contributed by atoms with Gasteiger partial charge in [-0.15, -0.1) is 0 Å². The van der Waals surface area contributed by atoms with Crippen molar-refractivity contribution in [2.75, 3.05) is 13.1 Å². The molecule has 1 heterocycles. The summed E-state index contributed by atoms with van der Waals surface area (Å²) in [7, 11) is 0. The lowest BCUT2D eigenvalue weighted by atomic mass is 9.76. The summed E-state index contributed by atoms with van der Waals surface area (Å²) in [6.07, 6.45) is 2.44. The molecule has 3 N–H and O–H groups in total. The zero-order chi connectivity index (χ0) is 14.9. The summed E-state index contributed by atoms with van der Waals surface area (Å²) in [6.45, 7) is 7.98. The number of hydrogen-bond donors (Lipinski definition) is 3. The Morgan fingerprint density at radius 2 is 1.60 bits per heavy atom. The first-order valence-electron chi connectivity index (χ1n) is 8.18. The van der Waals surface area contributed by atoms with Gasteiger partial charge < -0.3 is 15.3 Å². The lowest BCUT2D eigenvalue weighted by molar-refractivity contribution is -0.136. The maximum absolute atomic E-state index is 9.98. The third-order valence-electron chi connectivity index (χ3n) is 5.56. The highest BCUT2D eigenvalue weighted by atomic mass is 16.4. The van der Waals surface area contributed by atoms with Crippen molar-refractivity contribution < 1.29 is 15.3 Å². The van der Waals surface area contributed by atoms with Crippen molar-refractivity contribution in [2.24, 2.45) is 17.8 Å². The molecule has 1 aliphatic carbocycles. The van der Waals surface area contributed by atoms with Gasteiger partial charge in [0.2, 0.25) is 0 Å². The summed E-state index contributed by atoms with van der Waals surface area (Å²) in [5.74, 6) is 2.31.